The Balaban J connectivity index is 0.00000506. The molecule has 2 aliphatic rings. The van der Waals surface area contributed by atoms with Gasteiger partial charge >= 0.3 is 0 Å². The van der Waals surface area contributed by atoms with Gasteiger partial charge in [0.05, 0.1) is 5.92 Å². The molecule has 0 bridgehead atoms. The number of rotatable bonds is 12. The highest BCUT2D eigenvalue weighted by atomic mass is 35.5. The fraction of sp³-hybridized carbons (Fsp3) is 0.793. The lowest BCUT2D eigenvalue weighted by Gasteiger charge is -2.41. The average Bonchev–Trinajstić information content (AvgIpc) is 2.96. The third kappa shape index (κ3) is 10.9. The maximum atomic E-state index is 14.2. The fourth-order valence-corrected chi connectivity index (χ4v) is 6.46. The van der Waals surface area contributed by atoms with Crippen LogP contribution in [0.2, 0.25) is 0 Å². The lowest BCUT2D eigenvalue weighted by molar-refractivity contribution is -0.137. The number of halogens is 2. The molecule has 13 nitrogen and oxygen atoms in total. The van der Waals surface area contributed by atoms with E-state index in [1.165, 1.54) is 22.7 Å². The first-order chi connectivity index (χ1) is 20.2. The molecular weight excluding hydrogens is 643 g/mol. The van der Waals surface area contributed by atoms with Crippen LogP contribution in [0.15, 0.2) is 6.20 Å². The summed E-state index contributed by atoms with van der Waals surface area (Å²) in [5.74, 6) is 0.887. The van der Waals surface area contributed by atoms with Crippen LogP contribution < -0.4 is 10.6 Å². The second-order valence-electron chi connectivity index (χ2n) is 13.1. The Hall–Kier alpha value is -1.81. The number of nitrogens with one attached hydrogen (secondary N) is 2. The highest BCUT2D eigenvalue weighted by Crippen LogP contribution is 2.26. The van der Waals surface area contributed by atoms with E-state index in [1.807, 2.05) is 25.7 Å². The van der Waals surface area contributed by atoms with Gasteiger partial charge in [0.1, 0.15) is 17.2 Å². The van der Waals surface area contributed by atoms with E-state index in [1.54, 1.807) is 18.2 Å². The molecule has 16 heteroatoms. The van der Waals surface area contributed by atoms with E-state index < -0.39 is 10.2 Å². The largest absolute Gasteiger partial charge is 0.385 e. The average molecular weight is 698 g/mol. The Bertz CT molecular complexity index is 1210. The first kappa shape index (κ1) is 41.2. The van der Waals surface area contributed by atoms with Gasteiger partial charge in [-0.2, -0.15) is 17.0 Å². The molecule has 1 aromatic heterocycles. The van der Waals surface area contributed by atoms with Crippen molar-refractivity contribution in [2.45, 2.75) is 58.9 Å². The molecule has 2 fully saturated rings. The van der Waals surface area contributed by atoms with Crippen molar-refractivity contribution in [3.8, 4) is 0 Å². The zero-order chi connectivity index (χ0) is 31.9. The van der Waals surface area contributed by atoms with Crippen LogP contribution in [0.5, 0.6) is 0 Å². The zero-order valence-corrected chi connectivity index (χ0v) is 30.5. The number of anilines is 1. The number of nitrogens with zero attached hydrogens (tertiary/aromatic N) is 6. The molecule has 0 unspecified atom stereocenters. The number of hydrogen-bond donors (Lipinski definition) is 2. The molecule has 0 aromatic carbocycles. The topological polar surface area (TPSA) is 140 Å². The van der Waals surface area contributed by atoms with Crippen molar-refractivity contribution in [1.82, 2.24) is 33.7 Å². The second kappa shape index (κ2) is 17.9. The molecule has 2 N–H and O–H groups in total. The first-order valence-corrected chi connectivity index (χ1v) is 16.6. The van der Waals surface area contributed by atoms with E-state index in [4.69, 9.17) is 9.72 Å². The smallest absolute Gasteiger partial charge is 0.281 e. The minimum Gasteiger partial charge on any atom is -0.385 e. The molecule has 3 heterocycles. The van der Waals surface area contributed by atoms with E-state index in [-0.39, 0.29) is 73.0 Å². The number of carbonyl (C=O) groups is 2. The van der Waals surface area contributed by atoms with Crippen molar-refractivity contribution >= 4 is 52.7 Å². The normalized spacial score (nSPS) is 19.6. The van der Waals surface area contributed by atoms with E-state index in [0.29, 0.717) is 69.5 Å². The quantitative estimate of drug-likeness (QED) is 0.315. The van der Waals surface area contributed by atoms with Crippen molar-refractivity contribution < 1.29 is 22.7 Å². The molecule has 0 saturated carbocycles. The summed E-state index contributed by atoms with van der Waals surface area (Å²) < 4.78 is 32.8. The molecular formula is C29H54Cl2N8O5S. The maximum absolute atomic E-state index is 14.2. The van der Waals surface area contributed by atoms with Gasteiger partial charge in [-0.25, -0.2) is 9.97 Å². The summed E-state index contributed by atoms with van der Waals surface area (Å²) >= 11 is 0. The first-order valence-electron chi connectivity index (χ1n) is 15.2. The molecule has 3 rings (SSSR count). The molecule has 45 heavy (non-hydrogen) atoms. The SMILES string of the molecule is COCCCNc1nc(C(C)(C)C)ncc1C(=O)N(CC(C)C)[C@@H]1CNC[C@H](C(=O)N2CCN(S(=O)(=O)N(C)C)CC2)C1.Cl.Cl. The summed E-state index contributed by atoms with van der Waals surface area (Å²) in [5.41, 5.74) is 0.128. The standard InChI is InChI=1S/C29H52N8O5S.2ClH/c1-21(2)20-37(27(39)24-19-32-28(29(3,4)5)33-25(24)31-10-9-15-42-8)23-16-22(17-30-18-23)26(38)35-11-13-36(14-12-35)43(40,41)34(6)7;;/h19,21-23,30H,9-18,20H2,1-8H3,(H,31,32,33);2*1H/t22-,23+;;/m1../s1. The molecule has 2 saturated heterocycles. The van der Waals surface area contributed by atoms with Gasteiger partial charge in [-0.1, -0.05) is 34.6 Å². The summed E-state index contributed by atoms with van der Waals surface area (Å²) in [6.45, 7) is 14.3. The van der Waals surface area contributed by atoms with Gasteiger partial charge < -0.3 is 25.2 Å². The van der Waals surface area contributed by atoms with Crippen LogP contribution in [0, 0.1) is 11.8 Å². The summed E-state index contributed by atoms with van der Waals surface area (Å²) in [6.07, 6.45) is 2.92. The number of ether oxygens (including phenoxy) is 1. The molecule has 2 amide bonds. The predicted octanol–water partition coefficient (Wildman–Crippen LogP) is 2.09. The third-order valence-electron chi connectivity index (χ3n) is 7.79. The molecule has 1 aromatic rings. The van der Waals surface area contributed by atoms with Crippen molar-refractivity contribution in [1.29, 1.82) is 0 Å². The van der Waals surface area contributed by atoms with E-state index in [9.17, 15) is 18.0 Å². The van der Waals surface area contributed by atoms with Crippen LogP contribution in [0.1, 0.15) is 63.6 Å². The minimum atomic E-state index is -3.51. The lowest BCUT2D eigenvalue weighted by Crippen LogP contribution is -2.58. The van der Waals surface area contributed by atoms with Crippen LogP contribution in [0.25, 0.3) is 0 Å². The van der Waals surface area contributed by atoms with Crippen LogP contribution in [-0.2, 0) is 25.2 Å². The molecule has 0 radical (unpaired) electrons. The van der Waals surface area contributed by atoms with Gasteiger partial charge in [-0.15, -0.1) is 24.8 Å². The van der Waals surface area contributed by atoms with Crippen molar-refractivity contribution in [2.24, 2.45) is 11.8 Å². The Morgan fingerprint density at radius 1 is 1.13 bits per heavy atom. The summed E-state index contributed by atoms with van der Waals surface area (Å²) in [4.78, 5) is 40.8. The van der Waals surface area contributed by atoms with Gasteiger partial charge in [0, 0.05) is 97.8 Å². The molecule has 0 aliphatic carbocycles. The number of hydrogen-bond acceptors (Lipinski definition) is 9. The molecule has 2 aliphatic heterocycles. The van der Waals surface area contributed by atoms with Crippen LogP contribution in [0.3, 0.4) is 0 Å². The van der Waals surface area contributed by atoms with E-state index in [2.05, 4.69) is 29.5 Å². The highest BCUT2D eigenvalue weighted by Gasteiger charge is 2.38. The summed E-state index contributed by atoms with van der Waals surface area (Å²) in [7, 11) is 1.17. The molecule has 2 atom stereocenters. The summed E-state index contributed by atoms with van der Waals surface area (Å²) in [6, 6.07) is -0.198. The van der Waals surface area contributed by atoms with Gasteiger partial charge in [0.25, 0.3) is 16.1 Å². The van der Waals surface area contributed by atoms with Gasteiger partial charge in [0.2, 0.25) is 5.91 Å². The Kier molecular flexibility index (Phi) is 16.4. The second-order valence-corrected chi connectivity index (χ2v) is 15.2. The minimum absolute atomic E-state index is 0. The molecule has 260 valence electrons. The van der Waals surface area contributed by atoms with Crippen LogP contribution in [-0.4, -0.2) is 135 Å². The number of amides is 2. The highest BCUT2D eigenvalue weighted by molar-refractivity contribution is 7.86. The number of methoxy groups -OCH3 is 1. The fourth-order valence-electron chi connectivity index (χ4n) is 5.38. The number of aromatic nitrogens is 2. The lowest BCUT2D eigenvalue weighted by atomic mass is 9.92. The Morgan fingerprint density at radius 3 is 2.33 bits per heavy atom. The van der Waals surface area contributed by atoms with Crippen molar-refractivity contribution in [3.05, 3.63) is 17.6 Å². The monoisotopic (exact) mass is 696 g/mol. The predicted molar refractivity (Wildman–Crippen MR) is 182 cm³/mol. The maximum Gasteiger partial charge on any atom is 0.281 e. The van der Waals surface area contributed by atoms with Crippen LogP contribution in [0.4, 0.5) is 5.82 Å². The number of carbonyl (C=O) groups excluding carboxylic acids is 2. The summed E-state index contributed by atoms with van der Waals surface area (Å²) in [5, 5.41) is 6.73. The number of piperazine rings is 1. The van der Waals surface area contributed by atoms with E-state index in [0.717, 1.165) is 6.42 Å². The van der Waals surface area contributed by atoms with Gasteiger partial charge in [-0.05, 0) is 18.8 Å². The molecule has 0 spiro atoms. The number of piperidine rings is 1. The van der Waals surface area contributed by atoms with Crippen molar-refractivity contribution in [2.75, 3.05) is 85.5 Å². The Labute approximate surface area is 282 Å². The van der Waals surface area contributed by atoms with Crippen LogP contribution >= 0.6 is 24.8 Å². The van der Waals surface area contributed by atoms with Gasteiger partial charge in [-0.3, -0.25) is 9.59 Å². The van der Waals surface area contributed by atoms with Gasteiger partial charge in [0.15, 0.2) is 0 Å². The van der Waals surface area contributed by atoms with Crippen molar-refractivity contribution in [3.63, 3.8) is 0 Å². The Morgan fingerprint density at radius 2 is 1.78 bits per heavy atom. The third-order valence-corrected chi connectivity index (χ3v) is 9.73. The zero-order valence-electron chi connectivity index (χ0n) is 28.0. The van der Waals surface area contributed by atoms with E-state index >= 15 is 0 Å².